The van der Waals surface area contributed by atoms with E-state index in [9.17, 15) is 14.9 Å². The SMILES string of the molecule is C/C(=N\NC(=O)c1cc(-c2ccc(Cl)cc2Cl)nc2ccccc12)c1ccc(Cl)c([N+](=O)[O-])c1. The lowest BCUT2D eigenvalue weighted by molar-refractivity contribution is -0.384. The Hall–Kier alpha value is -3.52. The van der Waals surface area contributed by atoms with Gasteiger partial charge in [0.15, 0.2) is 0 Å². The molecular formula is C24H15Cl3N4O3. The number of nitrogens with one attached hydrogen (secondary N) is 1. The van der Waals surface area contributed by atoms with Gasteiger partial charge in [-0.1, -0.05) is 59.1 Å². The quantitative estimate of drug-likeness (QED) is 0.178. The fourth-order valence-electron chi connectivity index (χ4n) is 3.34. The molecule has 7 nitrogen and oxygen atoms in total. The standard InChI is InChI=1S/C24H15Cl3N4O3/c1-13(14-6-9-19(26)23(10-14)31(33)34)29-30-24(32)18-12-22(17-8-7-15(25)11-20(17)27)28-21-5-3-2-4-16(18)21/h2-12H,1H3,(H,30,32)/b29-13+. The van der Waals surface area contributed by atoms with E-state index in [1.807, 2.05) is 6.07 Å². The number of fused-ring (bicyclic) bond motifs is 1. The highest BCUT2D eigenvalue weighted by Crippen LogP contribution is 2.32. The maximum atomic E-state index is 13.1. The minimum absolute atomic E-state index is 0.0160. The molecule has 0 spiro atoms. The van der Waals surface area contributed by atoms with Gasteiger partial charge in [-0.3, -0.25) is 14.9 Å². The van der Waals surface area contributed by atoms with Gasteiger partial charge in [0.2, 0.25) is 0 Å². The number of halogens is 3. The average Bonchev–Trinajstić information content (AvgIpc) is 2.81. The van der Waals surface area contributed by atoms with Crippen LogP contribution >= 0.6 is 34.8 Å². The first-order valence-electron chi connectivity index (χ1n) is 9.89. The summed E-state index contributed by atoms with van der Waals surface area (Å²) in [6.07, 6.45) is 0. The second-order valence-corrected chi connectivity index (χ2v) is 8.51. The zero-order valence-corrected chi connectivity index (χ0v) is 19.8. The van der Waals surface area contributed by atoms with Crippen molar-refractivity contribution in [3.05, 3.63) is 103 Å². The molecule has 1 heterocycles. The van der Waals surface area contributed by atoms with Gasteiger partial charge in [0.1, 0.15) is 5.02 Å². The first kappa shape index (κ1) is 23.6. The third-order valence-corrected chi connectivity index (χ3v) is 5.92. The minimum Gasteiger partial charge on any atom is -0.267 e. The summed E-state index contributed by atoms with van der Waals surface area (Å²) in [5, 5.41) is 16.8. The predicted octanol–water partition coefficient (Wildman–Crippen LogP) is 6.92. The van der Waals surface area contributed by atoms with Crippen molar-refractivity contribution in [3.63, 3.8) is 0 Å². The first-order chi connectivity index (χ1) is 16.2. The van der Waals surface area contributed by atoms with Crippen molar-refractivity contribution >= 4 is 63.0 Å². The summed E-state index contributed by atoms with van der Waals surface area (Å²) in [7, 11) is 0. The van der Waals surface area contributed by atoms with Gasteiger partial charge in [-0.25, -0.2) is 10.4 Å². The topological polar surface area (TPSA) is 97.5 Å². The number of carbonyl (C=O) groups is 1. The molecule has 1 aromatic heterocycles. The molecule has 170 valence electrons. The van der Waals surface area contributed by atoms with E-state index in [-0.39, 0.29) is 10.7 Å². The van der Waals surface area contributed by atoms with E-state index in [1.165, 1.54) is 12.1 Å². The van der Waals surface area contributed by atoms with Gasteiger partial charge in [0.05, 0.1) is 32.4 Å². The molecule has 0 aliphatic carbocycles. The van der Waals surface area contributed by atoms with E-state index in [0.29, 0.717) is 49.0 Å². The summed E-state index contributed by atoms with van der Waals surface area (Å²) >= 11 is 18.2. The number of hydrogen-bond acceptors (Lipinski definition) is 5. The van der Waals surface area contributed by atoms with Crippen molar-refractivity contribution in [2.45, 2.75) is 6.92 Å². The fraction of sp³-hybridized carbons (Fsp3) is 0.0417. The Morgan fingerprint density at radius 1 is 1.00 bits per heavy atom. The molecule has 0 aliphatic rings. The number of hydrazone groups is 1. The molecule has 1 N–H and O–H groups in total. The number of nitro groups is 1. The van der Waals surface area contributed by atoms with Crippen LogP contribution in [0.1, 0.15) is 22.8 Å². The Bertz CT molecular complexity index is 1490. The summed E-state index contributed by atoms with van der Waals surface area (Å²) in [4.78, 5) is 28.3. The fourth-order valence-corrected chi connectivity index (χ4v) is 4.03. The van der Waals surface area contributed by atoms with Crippen molar-refractivity contribution in [2.24, 2.45) is 5.10 Å². The summed E-state index contributed by atoms with van der Waals surface area (Å²) in [6.45, 7) is 1.62. The number of carbonyl (C=O) groups excluding carboxylic acids is 1. The molecule has 10 heteroatoms. The van der Waals surface area contributed by atoms with Crippen molar-refractivity contribution in [2.75, 3.05) is 0 Å². The lowest BCUT2D eigenvalue weighted by Crippen LogP contribution is -2.20. The highest BCUT2D eigenvalue weighted by molar-refractivity contribution is 6.36. The van der Waals surface area contributed by atoms with Crippen LogP contribution in [0.25, 0.3) is 22.2 Å². The minimum atomic E-state index is -0.579. The van der Waals surface area contributed by atoms with E-state index in [1.54, 1.807) is 55.5 Å². The molecule has 1 amide bonds. The van der Waals surface area contributed by atoms with Crippen molar-refractivity contribution < 1.29 is 9.72 Å². The highest BCUT2D eigenvalue weighted by atomic mass is 35.5. The number of para-hydroxylation sites is 1. The van der Waals surface area contributed by atoms with Crippen LogP contribution in [0.4, 0.5) is 5.69 Å². The van der Waals surface area contributed by atoms with E-state index in [2.05, 4.69) is 15.5 Å². The molecule has 34 heavy (non-hydrogen) atoms. The lowest BCUT2D eigenvalue weighted by Gasteiger charge is -2.11. The Kier molecular flexibility index (Phi) is 6.79. The number of nitro benzene ring substituents is 1. The third kappa shape index (κ3) is 4.87. The average molecular weight is 514 g/mol. The van der Waals surface area contributed by atoms with Crippen LogP contribution in [0.15, 0.2) is 71.8 Å². The summed E-state index contributed by atoms with van der Waals surface area (Å²) in [6, 6.07) is 18.2. The van der Waals surface area contributed by atoms with E-state index < -0.39 is 10.8 Å². The molecule has 4 rings (SSSR count). The Morgan fingerprint density at radius 3 is 2.50 bits per heavy atom. The van der Waals surface area contributed by atoms with Gasteiger partial charge in [-0.2, -0.15) is 5.10 Å². The van der Waals surface area contributed by atoms with Gasteiger partial charge in [-0.15, -0.1) is 0 Å². The lowest BCUT2D eigenvalue weighted by atomic mass is 10.0. The zero-order valence-electron chi connectivity index (χ0n) is 17.6. The van der Waals surface area contributed by atoms with Crippen LogP contribution in [-0.4, -0.2) is 21.5 Å². The van der Waals surface area contributed by atoms with Crippen molar-refractivity contribution in [3.8, 4) is 11.3 Å². The Balaban J connectivity index is 1.71. The second kappa shape index (κ2) is 9.77. The Morgan fingerprint density at radius 2 is 1.76 bits per heavy atom. The first-order valence-corrected chi connectivity index (χ1v) is 11.0. The van der Waals surface area contributed by atoms with Crippen LogP contribution in [-0.2, 0) is 0 Å². The van der Waals surface area contributed by atoms with Gasteiger partial charge in [0.25, 0.3) is 11.6 Å². The summed E-state index contributed by atoms with van der Waals surface area (Å²) in [5.74, 6) is -0.479. The Labute approximate surface area is 209 Å². The molecule has 0 aliphatic heterocycles. The van der Waals surface area contributed by atoms with Gasteiger partial charge in [-0.05, 0) is 43.3 Å². The molecule has 0 saturated carbocycles. The van der Waals surface area contributed by atoms with E-state index in [0.717, 1.165) is 0 Å². The van der Waals surface area contributed by atoms with Crippen LogP contribution in [0.2, 0.25) is 15.1 Å². The monoisotopic (exact) mass is 512 g/mol. The normalized spacial score (nSPS) is 11.5. The van der Waals surface area contributed by atoms with Gasteiger partial charge >= 0.3 is 0 Å². The maximum absolute atomic E-state index is 13.1. The molecular weight excluding hydrogens is 499 g/mol. The molecule has 3 aromatic carbocycles. The van der Waals surface area contributed by atoms with Crippen LogP contribution in [0.3, 0.4) is 0 Å². The number of pyridine rings is 1. The molecule has 0 bridgehead atoms. The second-order valence-electron chi connectivity index (χ2n) is 7.26. The molecule has 0 saturated heterocycles. The molecule has 0 unspecified atom stereocenters. The van der Waals surface area contributed by atoms with Gasteiger partial charge in [0, 0.05) is 27.6 Å². The van der Waals surface area contributed by atoms with E-state index >= 15 is 0 Å². The third-order valence-electron chi connectivity index (χ3n) is 5.05. The molecule has 0 radical (unpaired) electrons. The smallest absolute Gasteiger partial charge is 0.267 e. The largest absolute Gasteiger partial charge is 0.288 e. The highest BCUT2D eigenvalue weighted by Gasteiger charge is 2.17. The zero-order chi connectivity index (χ0) is 24.4. The number of hydrogen-bond donors (Lipinski definition) is 1. The molecule has 0 atom stereocenters. The maximum Gasteiger partial charge on any atom is 0.288 e. The number of benzene rings is 3. The van der Waals surface area contributed by atoms with Crippen molar-refractivity contribution in [1.82, 2.24) is 10.4 Å². The number of nitrogens with zero attached hydrogens (tertiary/aromatic N) is 3. The number of aromatic nitrogens is 1. The van der Waals surface area contributed by atoms with Crippen molar-refractivity contribution in [1.29, 1.82) is 0 Å². The van der Waals surface area contributed by atoms with E-state index in [4.69, 9.17) is 34.8 Å². The molecule has 4 aromatic rings. The summed E-state index contributed by atoms with van der Waals surface area (Å²) < 4.78 is 0. The predicted molar refractivity (Wildman–Crippen MR) is 135 cm³/mol. The number of amides is 1. The van der Waals surface area contributed by atoms with Crippen LogP contribution in [0, 0.1) is 10.1 Å². The van der Waals surface area contributed by atoms with Crippen LogP contribution in [0.5, 0.6) is 0 Å². The van der Waals surface area contributed by atoms with Gasteiger partial charge < -0.3 is 0 Å². The summed E-state index contributed by atoms with van der Waals surface area (Å²) in [5.41, 5.74) is 5.15. The molecule has 0 fully saturated rings. The number of rotatable bonds is 5. The van der Waals surface area contributed by atoms with Crippen LogP contribution < -0.4 is 5.43 Å².